The number of ether oxygens (including phenoxy) is 3. The number of thioether (sulfide) groups is 1. The molecule has 0 spiro atoms. The molecule has 0 radical (unpaired) electrons. The first-order valence-electron chi connectivity index (χ1n) is 16.7. The Bertz CT molecular complexity index is 783. The van der Waals surface area contributed by atoms with Gasteiger partial charge in [-0.15, -0.1) is 0 Å². The van der Waals surface area contributed by atoms with E-state index in [1.165, 1.54) is 108 Å². The Morgan fingerprint density at radius 2 is 1.40 bits per heavy atom. The van der Waals surface area contributed by atoms with Gasteiger partial charge in [-0.3, -0.25) is 0 Å². The van der Waals surface area contributed by atoms with Gasteiger partial charge in [0.1, 0.15) is 15.1 Å². The van der Waals surface area contributed by atoms with Gasteiger partial charge in [0.25, 0.3) is 0 Å². The third-order valence-electron chi connectivity index (χ3n) is 7.60. The molecule has 42 heavy (non-hydrogen) atoms. The fraction of sp³-hybridized carbons (Fsp3) is 0.794. The lowest BCUT2D eigenvalue weighted by Crippen LogP contribution is -2.37. The normalized spacial score (nSPS) is 14.7. The fourth-order valence-corrected chi connectivity index (χ4v) is 6.58. The Kier molecular flexibility index (Phi) is 24.8. The number of unbranched alkanes of at least 4 members (excludes halogenated alkanes) is 13. The van der Waals surface area contributed by atoms with Crippen molar-refractivity contribution in [3.63, 3.8) is 0 Å². The lowest BCUT2D eigenvalue weighted by atomic mass is 10.1. The monoisotopic (exact) mass is 628 g/mol. The Morgan fingerprint density at radius 3 is 2.00 bits per heavy atom. The van der Waals surface area contributed by atoms with Crippen LogP contribution in [0.4, 0.5) is 0 Å². The van der Waals surface area contributed by atoms with Crippen LogP contribution in [0.5, 0.6) is 0 Å². The first-order chi connectivity index (χ1) is 20.5. The van der Waals surface area contributed by atoms with E-state index >= 15 is 0 Å². The Morgan fingerprint density at radius 1 is 0.833 bits per heavy atom. The first-order valence-corrected chi connectivity index (χ1v) is 18.8. The molecule has 1 rings (SSSR count). The highest BCUT2D eigenvalue weighted by molar-refractivity contribution is 7.99. The van der Waals surface area contributed by atoms with Gasteiger partial charge in [0.05, 0.1) is 12.7 Å². The number of carbonyl (C=O) groups excluding carboxylic acids is 1. The predicted octanol–water partition coefficient (Wildman–Crippen LogP) is 9.33. The molecule has 244 valence electrons. The van der Waals surface area contributed by atoms with Gasteiger partial charge < -0.3 is 23.9 Å². The van der Waals surface area contributed by atoms with Gasteiger partial charge in [-0.2, -0.15) is 11.8 Å². The summed E-state index contributed by atoms with van der Waals surface area (Å²) in [6.45, 7) is 7.18. The molecule has 0 aromatic heterocycles. The van der Waals surface area contributed by atoms with Crippen molar-refractivity contribution < 1.29 is 28.7 Å². The minimum Gasteiger partial charge on any atom is -0.456 e. The van der Waals surface area contributed by atoms with Crippen LogP contribution < -0.4 is 0 Å². The first kappa shape index (κ1) is 39.2. The van der Waals surface area contributed by atoms with Crippen molar-refractivity contribution in [1.82, 2.24) is 0 Å². The molecule has 8 heteroatoms. The molecule has 4 unspecified atom stereocenters. The SMILES string of the molecule is CCCCCCCCCCCSC(CCCCCCCC)C(C)OCCCOC(O)([PH2]=O)C(=O)OCc1ccccc1. The lowest BCUT2D eigenvalue weighted by molar-refractivity contribution is -0.197. The largest absolute Gasteiger partial charge is 0.456 e. The Labute approximate surface area is 262 Å². The van der Waals surface area contributed by atoms with Crippen molar-refractivity contribution >= 4 is 26.2 Å². The number of rotatable bonds is 29. The van der Waals surface area contributed by atoms with E-state index in [0.717, 1.165) is 5.56 Å². The molecule has 0 saturated heterocycles. The molecule has 4 atom stereocenters. The molecule has 0 fully saturated rings. The highest BCUT2D eigenvalue weighted by Gasteiger charge is 2.38. The van der Waals surface area contributed by atoms with E-state index in [0.29, 0.717) is 18.3 Å². The average molecular weight is 629 g/mol. The van der Waals surface area contributed by atoms with Crippen molar-refractivity contribution in [1.29, 1.82) is 0 Å². The Balaban J connectivity index is 2.36. The molecule has 0 amide bonds. The minimum atomic E-state index is -2.40. The smallest absolute Gasteiger partial charge is 0.374 e. The summed E-state index contributed by atoms with van der Waals surface area (Å²) in [7, 11) is -1.92. The van der Waals surface area contributed by atoms with Crippen molar-refractivity contribution in [2.75, 3.05) is 19.0 Å². The molecule has 6 nitrogen and oxygen atoms in total. The van der Waals surface area contributed by atoms with Crippen LogP contribution in [0.1, 0.15) is 135 Å². The third kappa shape index (κ3) is 19.4. The zero-order valence-corrected chi connectivity index (χ0v) is 28.8. The van der Waals surface area contributed by atoms with Crippen molar-refractivity contribution in [2.45, 2.75) is 153 Å². The summed E-state index contributed by atoms with van der Waals surface area (Å²) in [5, 5.41) is 10.9. The molecular formula is C34H61O6PS. The van der Waals surface area contributed by atoms with Crippen LogP contribution in [0.3, 0.4) is 0 Å². The highest BCUT2D eigenvalue weighted by Crippen LogP contribution is 2.27. The van der Waals surface area contributed by atoms with Crippen molar-refractivity contribution in [3.05, 3.63) is 35.9 Å². The van der Waals surface area contributed by atoms with E-state index in [-0.39, 0.29) is 19.3 Å². The summed E-state index contributed by atoms with van der Waals surface area (Å²) in [5.74, 6) is 0.162. The van der Waals surface area contributed by atoms with E-state index < -0.39 is 20.0 Å². The second kappa shape index (κ2) is 26.5. The topological polar surface area (TPSA) is 82.1 Å². The van der Waals surface area contributed by atoms with Crippen LogP contribution in [-0.4, -0.2) is 46.9 Å². The van der Waals surface area contributed by atoms with Gasteiger partial charge in [0, 0.05) is 11.9 Å². The number of esters is 1. The summed E-state index contributed by atoms with van der Waals surface area (Å²) >= 11 is 2.06. The summed E-state index contributed by atoms with van der Waals surface area (Å²) in [6.07, 6.45) is 21.7. The van der Waals surface area contributed by atoms with E-state index in [1.807, 2.05) is 30.3 Å². The molecule has 0 saturated carbocycles. The van der Waals surface area contributed by atoms with Gasteiger partial charge in [0.15, 0.2) is 0 Å². The second-order valence-electron chi connectivity index (χ2n) is 11.4. The number of carbonyl (C=O) groups is 1. The van der Waals surface area contributed by atoms with Gasteiger partial charge in [0.2, 0.25) is 0 Å². The van der Waals surface area contributed by atoms with Crippen LogP contribution in [0.2, 0.25) is 0 Å². The fourth-order valence-electron chi connectivity index (χ4n) is 4.86. The van der Waals surface area contributed by atoms with E-state index in [1.54, 1.807) is 0 Å². The third-order valence-corrected chi connectivity index (χ3v) is 9.90. The zero-order valence-electron chi connectivity index (χ0n) is 26.9. The van der Waals surface area contributed by atoms with Crippen LogP contribution in [0.15, 0.2) is 30.3 Å². The molecule has 1 aromatic carbocycles. The van der Waals surface area contributed by atoms with Crippen molar-refractivity contribution in [2.24, 2.45) is 0 Å². The summed E-state index contributed by atoms with van der Waals surface area (Å²) in [6, 6.07) is 9.15. The quantitative estimate of drug-likeness (QED) is 0.0410. The van der Waals surface area contributed by atoms with Crippen LogP contribution >= 0.6 is 20.2 Å². The summed E-state index contributed by atoms with van der Waals surface area (Å²) in [5.41, 5.74) is -1.62. The second-order valence-corrected chi connectivity index (χ2v) is 13.8. The number of aliphatic hydroxyl groups is 1. The zero-order chi connectivity index (χ0) is 30.7. The van der Waals surface area contributed by atoms with Crippen LogP contribution in [0, 0.1) is 0 Å². The number of hydrogen-bond donors (Lipinski definition) is 1. The molecule has 0 aliphatic carbocycles. The maximum Gasteiger partial charge on any atom is 0.374 e. The van der Waals surface area contributed by atoms with Gasteiger partial charge in [-0.25, -0.2) is 4.79 Å². The molecule has 1 aromatic rings. The van der Waals surface area contributed by atoms with Crippen LogP contribution in [-0.2, 0) is 30.2 Å². The standard InChI is InChI=1S/C34H61O6PS/c1-4-6-8-10-12-13-14-16-21-28-42-32(25-20-15-11-9-7-5-2)30(3)38-26-22-27-40-34(36,41-37)33(35)39-29-31-23-18-17-19-24-31/h17-19,23-24,30,32,36H,4-16,20-22,25-29,41H2,1-3H3. The molecule has 0 heterocycles. The molecule has 0 bridgehead atoms. The minimum absolute atomic E-state index is 0.0118. The molecule has 1 N–H and O–H groups in total. The maximum atomic E-state index is 12.3. The molecule has 0 aliphatic rings. The van der Waals surface area contributed by atoms with Crippen LogP contribution in [0.25, 0.3) is 0 Å². The van der Waals surface area contributed by atoms with E-state index in [4.69, 9.17) is 14.2 Å². The number of hydrogen-bond acceptors (Lipinski definition) is 7. The van der Waals surface area contributed by atoms with E-state index in [2.05, 4.69) is 32.5 Å². The average Bonchev–Trinajstić information content (AvgIpc) is 3.01. The van der Waals surface area contributed by atoms with Gasteiger partial charge in [-0.05, 0) is 37.5 Å². The number of benzene rings is 1. The van der Waals surface area contributed by atoms with Gasteiger partial charge >= 0.3 is 11.5 Å². The maximum absolute atomic E-state index is 12.3. The Hall–Kier alpha value is -0.850. The summed E-state index contributed by atoms with van der Waals surface area (Å²) in [4.78, 5) is 12.3. The lowest BCUT2D eigenvalue weighted by Gasteiger charge is -2.25. The van der Waals surface area contributed by atoms with Gasteiger partial charge in [-0.1, -0.05) is 134 Å². The molecule has 0 aliphatic heterocycles. The summed E-state index contributed by atoms with van der Waals surface area (Å²) < 4.78 is 28.3. The predicted molar refractivity (Wildman–Crippen MR) is 179 cm³/mol. The van der Waals surface area contributed by atoms with E-state index in [9.17, 15) is 14.5 Å². The van der Waals surface area contributed by atoms with Crippen molar-refractivity contribution in [3.8, 4) is 0 Å². The molecular weight excluding hydrogens is 567 g/mol. The highest BCUT2D eigenvalue weighted by atomic mass is 32.2.